The Balaban J connectivity index is 1.65. The molecule has 6 rings (SSSR count). The van der Waals surface area contributed by atoms with Crippen LogP contribution in [0.1, 0.15) is 90.2 Å². The SMILES string of the molecule is C=C(C)c1nc(-c2cc(NC(=O)OC(C)(C)C)cc(F)c2OC(F)(F)F)c(F)c2c1c([C@@H]1[C@H]3CN(C(=O)O)[C@H](C(=O)OC)[C@H]31)c(CO[Si](C)(C)C(C)(C)C)n2C1CC1. The summed E-state index contributed by atoms with van der Waals surface area (Å²) in [5.41, 5.74) is -1.36. The number of nitrogens with one attached hydrogen (secondary N) is 1. The number of rotatable bonds is 10. The molecule has 0 unspecified atom stereocenters. The molecule has 3 aliphatic rings. The quantitative estimate of drug-likeness (QED) is 0.116. The highest BCUT2D eigenvalue weighted by atomic mass is 28.4. The first-order valence-corrected chi connectivity index (χ1v) is 21.8. The number of alkyl halides is 3. The van der Waals surface area contributed by atoms with Gasteiger partial charge >= 0.3 is 24.5 Å². The molecule has 0 bridgehead atoms. The summed E-state index contributed by atoms with van der Waals surface area (Å²) in [6.07, 6.45) is -6.51. The maximum Gasteiger partial charge on any atom is 0.573 e. The van der Waals surface area contributed by atoms with Crippen molar-refractivity contribution in [3.8, 4) is 17.0 Å². The molecule has 2 aromatic heterocycles. The van der Waals surface area contributed by atoms with Gasteiger partial charge < -0.3 is 28.3 Å². The molecule has 3 aromatic rings. The van der Waals surface area contributed by atoms with Gasteiger partial charge in [0.15, 0.2) is 25.7 Å². The first kappa shape index (κ1) is 42.9. The highest BCUT2D eigenvalue weighted by molar-refractivity contribution is 6.74. The second-order valence-corrected chi connectivity index (χ2v) is 22.6. The minimum atomic E-state index is -5.41. The Labute approximate surface area is 333 Å². The number of amides is 2. The Hall–Kier alpha value is -4.71. The van der Waals surface area contributed by atoms with Crippen molar-refractivity contribution in [2.75, 3.05) is 19.0 Å². The zero-order valence-corrected chi connectivity index (χ0v) is 35.1. The summed E-state index contributed by atoms with van der Waals surface area (Å²) in [5, 5.41) is 12.3. The van der Waals surface area contributed by atoms with Gasteiger partial charge in [-0.25, -0.2) is 28.1 Å². The summed E-state index contributed by atoms with van der Waals surface area (Å²) in [6, 6.07) is 0.0926. The zero-order chi connectivity index (χ0) is 43.2. The molecule has 12 nitrogen and oxygen atoms in total. The summed E-state index contributed by atoms with van der Waals surface area (Å²) >= 11 is 0. The van der Waals surface area contributed by atoms with Crippen LogP contribution in [-0.2, 0) is 25.3 Å². The number of carbonyl (C=O) groups excluding carboxylic acids is 2. The van der Waals surface area contributed by atoms with E-state index in [-0.39, 0.29) is 58.0 Å². The number of pyridine rings is 1. The predicted octanol–water partition coefficient (Wildman–Crippen LogP) is 9.98. The Morgan fingerprint density at radius 2 is 1.71 bits per heavy atom. The van der Waals surface area contributed by atoms with Crippen LogP contribution in [-0.4, -0.2) is 77.7 Å². The van der Waals surface area contributed by atoms with E-state index in [1.807, 2.05) is 0 Å². The van der Waals surface area contributed by atoms with E-state index in [0.717, 1.165) is 11.0 Å². The van der Waals surface area contributed by atoms with Crippen molar-refractivity contribution in [3.63, 3.8) is 0 Å². The number of methoxy groups -OCH3 is 1. The summed E-state index contributed by atoms with van der Waals surface area (Å²) < 4.78 is 98.2. The van der Waals surface area contributed by atoms with Gasteiger partial charge in [0.2, 0.25) is 0 Å². The molecular formula is C40H49F5N4O8Si. The number of halogens is 5. The van der Waals surface area contributed by atoms with E-state index in [1.54, 1.807) is 32.3 Å². The molecule has 2 saturated carbocycles. The monoisotopic (exact) mass is 836 g/mol. The molecule has 3 fully saturated rings. The third-order valence-corrected chi connectivity index (χ3v) is 15.9. The maximum atomic E-state index is 17.8. The van der Waals surface area contributed by atoms with Crippen LogP contribution in [0.2, 0.25) is 18.1 Å². The molecule has 1 aromatic carbocycles. The minimum absolute atomic E-state index is 0.00472. The van der Waals surface area contributed by atoms with Crippen LogP contribution >= 0.6 is 0 Å². The normalized spacial score (nSPS) is 20.8. The average molecular weight is 837 g/mol. The standard InChI is InChI=1S/C40H49F5N4O8Si/c1-18(2)30-28-27(25-22-16-48(37(52)53)33(26(22)25)35(50)54-9)24(17-55-58(10,11)39(6,7)8)49(20-12-13-20)32(28)29(42)31(47-30)21-14-19(46-36(51)57-38(3,4)5)15-23(41)34(21)56-40(43,44)45/h14-15,20,22,25-26,33H,1,12-13,16-17H2,2-11H3,(H,46,51)(H,52,53)/t22-,25-,26-,33+/m1/s1. The minimum Gasteiger partial charge on any atom is -0.467 e. The van der Waals surface area contributed by atoms with Gasteiger partial charge in [0.05, 0.1) is 30.5 Å². The fourth-order valence-corrected chi connectivity index (χ4v) is 8.67. The number of carbonyl (C=O) groups is 3. The van der Waals surface area contributed by atoms with Crippen molar-refractivity contribution < 1.29 is 60.1 Å². The fourth-order valence-electron chi connectivity index (χ4n) is 7.74. The lowest BCUT2D eigenvalue weighted by Crippen LogP contribution is -2.44. The molecule has 1 saturated heterocycles. The Morgan fingerprint density at radius 3 is 2.22 bits per heavy atom. The molecule has 2 N–H and O–H groups in total. The van der Waals surface area contributed by atoms with E-state index in [1.165, 1.54) is 7.11 Å². The molecule has 3 heterocycles. The highest BCUT2D eigenvalue weighted by Crippen LogP contribution is 2.65. The lowest BCUT2D eigenvalue weighted by molar-refractivity contribution is -0.275. The smallest absolute Gasteiger partial charge is 0.467 e. The third-order valence-electron chi connectivity index (χ3n) is 11.4. The van der Waals surface area contributed by atoms with Crippen molar-refractivity contribution in [1.82, 2.24) is 14.5 Å². The topological polar surface area (TPSA) is 141 Å². The largest absolute Gasteiger partial charge is 0.573 e. The van der Waals surface area contributed by atoms with E-state index in [4.69, 9.17) is 13.9 Å². The van der Waals surface area contributed by atoms with Crippen LogP contribution in [0.4, 0.5) is 37.2 Å². The van der Waals surface area contributed by atoms with Gasteiger partial charge in [0.1, 0.15) is 17.3 Å². The van der Waals surface area contributed by atoms with Gasteiger partial charge in [-0.3, -0.25) is 10.2 Å². The Bertz CT molecular complexity index is 2210. The van der Waals surface area contributed by atoms with E-state index in [2.05, 4.69) is 55.5 Å². The number of anilines is 1. The van der Waals surface area contributed by atoms with Gasteiger partial charge in [-0.2, -0.15) is 0 Å². The Morgan fingerprint density at radius 1 is 1.07 bits per heavy atom. The fraction of sp³-hybridized carbons (Fsp3) is 0.550. The first-order valence-electron chi connectivity index (χ1n) is 18.9. The number of hydrogen-bond donors (Lipinski definition) is 2. The average Bonchev–Trinajstić information content (AvgIpc) is 3.97. The molecule has 1 aliphatic heterocycles. The lowest BCUT2D eigenvalue weighted by atomic mass is 9.96. The second kappa shape index (κ2) is 14.5. The van der Waals surface area contributed by atoms with Crippen LogP contribution in [0.5, 0.6) is 5.75 Å². The molecular weight excluding hydrogens is 788 g/mol. The summed E-state index contributed by atoms with van der Waals surface area (Å²) in [4.78, 5) is 43.7. The third kappa shape index (κ3) is 8.00. The van der Waals surface area contributed by atoms with Crippen LogP contribution in [0.15, 0.2) is 18.7 Å². The summed E-state index contributed by atoms with van der Waals surface area (Å²) in [6.45, 7) is 20.7. The van der Waals surface area contributed by atoms with Gasteiger partial charge in [0, 0.05) is 41.3 Å². The van der Waals surface area contributed by atoms with Crippen molar-refractivity contribution >= 4 is 48.6 Å². The highest BCUT2D eigenvalue weighted by Gasteiger charge is 2.67. The molecule has 58 heavy (non-hydrogen) atoms. The van der Waals surface area contributed by atoms with Gasteiger partial charge in [-0.1, -0.05) is 27.4 Å². The van der Waals surface area contributed by atoms with E-state index >= 15 is 8.78 Å². The maximum absolute atomic E-state index is 17.8. The second-order valence-electron chi connectivity index (χ2n) is 17.8. The number of ether oxygens (including phenoxy) is 3. The van der Waals surface area contributed by atoms with E-state index in [9.17, 15) is 32.7 Å². The first-order chi connectivity index (χ1) is 26.7. The van der Waals surface area contributed by atoms with E-state index < -0.39 is 85.0 Å². The summed E-state index contributed by atoms with van der Waals surface area (Å²) in [7, 11) is -1.33. The van der Waals surface area contributed by atoms with Crippen LogP contribution < -0.4 is 10.1 Å². The lowest BCUT2D eigenvalue weighted by Gasteiger charge is -2.36. The number of hydrogen-bond acceptors (Lipinski definition) is 8. The predicted molar refractivity (Wildman–Crippen MR) is 207 cm³/mol. The number of nitrogens with zero attached hydrogens (tertiary/aromatic N) is 3. The van der Waals surface area contributed by atoms with Gasteiger partial charge in [-0.05, 0) is 87.7 Å². The van der Waals surface area contributed by atoms with Crippen LogP contribution in [0.3, 0.4) is 0 Å². The van der Waals surface area contributed by atoms with Gasteiger partial charge in [0.25, 0.3) is 0 Å². The number of aromatic nitrogens is 2. The number of fused-ring (bicyclic) bond motifs is 2. The van der Waals surface area contributed by atoms with Crippen LogP contribution in [0, 0.1) is 23.5 Å². The van der Waals surface area contributed by atoms with Gasteiger partial charge in [-0.15, -0.1) is 13.2 Å². The number of piperidine rings is 1. The molecule has 4 atom stereocenters. The number of carboxylic acid groups (broad SMARTS) is 1. The number of benzene rings is 1. The van der Waals surface area contributed by atoms with E-state index in [0.29, 0.717) is 30.2 Å². The summed E-state index contributed by atoms with van der Waals surface area (Å²) in [5.74, 6) is -6.20. The number of allylic oxidation sites excluding steroid dienone is 1. The van der Waals surface area contributed by atoms with Crippen molar-refractivity contribution in [3.05, 3.63) is 47.3 Å². The molecule has 0 radical (unpaired) electrons. The number of likely N-dealkylation sites (tertiary alicyclic amines) is 1. The van der Waals surface area contributed by atoms with Crippen LogP contribution in [0.25, 0.3) is 27.7 Å². The molecule has 2 aliphatic carbocycles. The Kier molecular flexibility index (Phi) is 10.7. The van der Waals surface area contributed by atoms with Crippen molar-refractivity contribution in [2.45, 2.75) is 116 Å². The molecule has 316 valence electrons. The number of esters is 1. The molecule has 2 amide bonds. The molecule has 18 heteroatoms. The zero-order valence-electron chi connectivity index (χ0n) is 34.1. The van der Waals surface area contributed by atoms with Crippen molar-refractivity contribution in [1.29, 1.82) is 0 Å². The van der Waals surface area contributed by atoms with Crippen molar-refractivity contribution in [2.24, 2.45) is 11.8 Å². The molecule has 0 spiro atoms.